The van der Waals surface area contributed by atoms with Crippen LogP contribution in [0.4, 0.5) is 5.69 Å². The number of para-hydroxylation sites is 1. The Balaban J connectivity index is 1.88. The highest BCUT2D eigenvalue weighted by Gasteiger charge is 2.17. The Morgan fingerprint density at radius 1 is 1.04 bits per heavy atom. The molecular weight excluding hydrogens is 328 g/mol. The van der Waals surface area contributed by atoms with Gasteiger partial charge in [-0.1, -0.05) is 24.3 Å². The smallest absolute Gasteiger partial charge is 0.266 e. The first-order valence-electron chi connectivity index (χ1n) is 8.56. The number of hydrazine groups is 1. The van der Waals surface area contributed by atoms with Gasteiger partial charge in [-0.15, -0.1) is 0 Å². The van der Waals surface area contributed by atoms with Crippen molar-refractivity contribution in [3.63, 3.8) is 0 Å². The molecule has 6 heteroatoms. The van der Waals surface area contributed by atoms with Crippen LogP contribution >= 0.6 is 0 Å². The molecule has 0 aliphatic rings. The maximum Gasteiger partial charge on any atom is 0.266 e. The second-order valence-electron chi connectivity index (χ2n) is 5.86. The van der Waals surface area contributed by atoms with Gasteiger partial charge in [0.15, 0.2) is 0 Å². The number of amides is 2. The predicted molar refractivity (Wildman–Crippen MR) is 103 cm³/mol. The fourth-order valence-corrected chi connectivity index (χ4v) is 3.08. The third-order valence-corrected chi connectivity index (χ3v) is 4.29. The molecule has 134 valence electrons. The standard InChI is InChI=1S/C20H22N4O2/c1-3-24(15-8-5-4-6-9-15)19(25)14-23-13-12-16-17(20(26)22-21-2)10-7-11-18(16)23/h4-13,21H,3,14H2,1-2H3,(H,22,26). The van der Waals surface area contributed by atoms with E-state index in [2.05, 4.69) is 10.9 Å². The maximum absolute atomic E-state index is 12.8. The minimum atomic E-state index is -0.207. The number of benzene rings is 2. The molecule has 0 aliphatic heterocycles. The summed E-state index contributed by atoms with van der Waals surface area (Å²) in [6.45, 7) is 2.76. The number of fused-ring (bicyclic) bond motifs is 1. The van der Waals surface area contributed by atoms with Gasteiger partial charge in [-0.25, -0.2) is 5.43 Å². The molecule has 1 heterocycles. The summed E-state index contributed by atoms with van der Waals surface area (Å²) in [6.07, 6.45) is 1.84. The molecule has 3 aromatic rings. The van der Waals surface area contributed by atoms with E-state index in [1.807, 2.05) is 66.2 Å². The van der Waals surface area contributed by atoms with Crippen LogP contribution in [0.5, 0.6) is 0 Å². The van der Waals surface area contributed by atoms with Gasteiger partial charge in [0.05, 0.1) is 5.56 Å². The number of nitrogens with one attached hydrogen (secondary N) is 2. The number of nitrogens with zero attached hydrogens (tertiary/aromatic N) is 2. The first-order valence-corrected chi connectivity index (χ1v) is 8.56. The molecule has 0 fully saturated rings. The minimum Gasteiger partial charge on any atom is -0.338 e. The Kier molecular flexibility index (Phi) is 5.34. The quantitative estimate of drug-likeness (QED) is 0.672. The highest BCUT2D eigenvalue weighted by Crippen LogP contribution is 2.21. The Morgan fingerprint density at radius 2 is 1.81 bits per heavy atom. The molecule has 0 spiro atoms. The Morgan fingerprint density at radius 3 is 2.50 bits per heavy atom. The van der Waals surface area contributed by atoms with Gasteiger partial charge in [-0.3, -0.25) is 15.0 Å². The third kappa shape index (κ3) is 3.45. The largest absolute Gasteiger partial charge is 0.338 e. The molecule has 6 nitrogen and oxygen atoms in total. The van der Waals surface area contributed by atoms with Gasteiger partial charge in [0, 0.05) is 36.4 Å². The summed E-state index contributed by atoms with van der Waals surface area (Å²) in [6, 6.07) is 17.0. The molecule has 2 aromatic carbocycles. The molecule has 0 atom stereocenters. The van der Waals surface area contributed by atoms with Crippen molar-refractivity contribution in [3.8, 4) is 0 Å². The van der Waals surface area contributed by atoms with Crippen LogP contribution in [0.25, 0.3) is 10.9 Å². The highest BCUT2D eigenvalue weighted by atomic mass is 16.2. The summed E-state index contributed by atoms with van der Waals surface area (Å²) in [4.78, 5) is 26.7. The lowest BCUT2D eigenvalue weighted by molar-refractivity contribution is -0.119. The molecule has 0 bridgehead atoms. The number of carbonyl (C=O) groups excluding carboxylic acids is 2. The lowest BCUT2D eigenvalue weighted by Crippen LogP contribution is -2.34. The van der Waals surface area contributed by atoms with Gasteiger partial charge in [0.1, 0.15) is 6.54 Å². The van der Waals surface area contributed by atoms with E-state index in [9.17, 15) is 9.59 Å². The second kappa shape index (κ2) is 7.84. The fraction of sp³-hybridized carbons (Fsp3) is 0.200. The molecule has 1 aromatic heterocycles. The van der Waals surface area contributed by atoms with Crippen molar-refractivity contribution in [2.24, 2.45) is 0 Å². The van der Waals surface area contributed by atoms with Crippen LogP contribution in [0.1, 0.15) is 17.3 Å². The van der Waals surface area contributed by atoms with Crippen molar-refractivity contribution >= 4 is 28.4 Å². The van der Waals surface area contributed by atoms with E-state index >= 15 is 0 Å². The van der Waals surface area contributed by atoms with Crippen molar-refractivity contribution in [1.82, 2.24) is 15.4 Å². The lowest BCUT2D eigenvalue weighted by atomic mass is 10.1. The highest BCUT2D eigenvalue weighted by molar-refractivity contribution is 6.06. The van der Waals surface area contributed by atoms with Gasteiger partial charge in [0.2, 0.25) is 5.91 Å². The van der Waals surface area contributed by atoms with Gasteiger partial charge >= 0.3 is 0 Å². The van der Waals surface area contributed by atoms with Gasteiger partial charge in [-0.2, -0.15) is 0 Å². The summed E-state index contributed by atoms with van der Waals surface area (Å²) >= 11 is 0. The van der Waals surface area contributed by atoms with E-state index in [0.717, 1.165) is 16.6 Å². The van der Waals surface area contributed by atoms with Crippen LogP contribution in [0, 0.1) is 0 Å². The van der Waals surface area contributed by atoms with Crippen molar-refractivity contribution in [2.75, 3.05) is 18.5 Å². The number of carbonyl (C=O) groups is 2. The average Bonchev–Trinajstić information content (AvgIpc) is 3.06. The number of rotatable bonds is 6. The van der Waals surface area contributed by atoms with E-state index in [0.29, 0.717) is 12.1 Å². The molecule has 0 saturated carbocycles. The maximum atomic E-state index is 12.8. The van der Waals surface area contributed by atoms with Crippen molar-refractivity contribution < 1.29 is 9.59 Å². The Labute approximate surface area is 152 Å². The summed E-state index contributed by atoms with van der Waals surface area (Å²) in [5.41, 5.74) is 7.52. The Bertz CT molecular complexity index is 918. The molecule has 2 N–H and O–H groups in total. The van der Waals surface area contributed by atoms with Crippen molar-refractivity contribution in [3.05, 3.63) is 66.4 Å². The van der Waals surface area contributed by atoms with E-state index < -0.39 is 0 Å². The summed E-state index contributed by atoms with van der Waals surface area (Å²) in [5.74, 6) is -0.206. The number of hydrogen-bond donors (Lipinski definition) is 2. The zero-order valence-electron chi connectivity index (χ0n) is 14.9. The monoisotopic (exact) mass is 350 g/mol. The molecule has 3 rings (SSSR count). The molecule has 26 heavy (non-hydrogen) atoms. The summed E-state index contributed by atoms with van der Waals surface area (Å²) < 4.78 is 1.87. The third-order valence-electron chi connectivity index (χ3n) is 4.29. The summed E-state index contributed by atoms with van der Waals surface area (Å²) in [7, 11) is 1.64. The molecule has 2 amide bonds. The van der Waals surface area contributed by atoms with Crippen LogP contribution in [-0.4, -0.2) is 30.0 Å². The van der Waals surface area contributed by atoms with Gasteiger partial charge < -0.3 is 9.47 Å². The molecule has 0 saturated heterocycles. The summed E-state index contributed by atoms with van der Waals surface area (Å²) in [5, 5.41) is 0.816. The van der Waals surface area contributed by atoms with Gasteiger partial charge in [-0.05, 0) is 37.3 Å². The van der Waals surface area contributed by atoms with Crippen LogP contribution < -0.4 is 15.8 Å². The van der Waals surface area contributed by atoms with Crippen LogP contribution in [0.2, 0.25) is 0 Å². The van der Waals surface area contributed by atoms with Crippen LogP contribution in [0.15, 0.2) is 60.8 Å². The molecule has 0 radical (unpaired) electrons. The second-order valence-corrected chi connectivity index (χ2v) is 5.86. The molecular formula is C20H22N4O2. The molecule has 0 aliphatic carbocycles. The number of likely N-dealkylation sites (N-methyl/N-ethyl adjacent to an activating group) is 1. The topological polar surface area (TPSA) is 66.4 Å². The molecule has 0 unspecified atom stereocenters. The predicted octanol–water partition coefficient (Wildman–Crippen LogP) is 2.56. The zero-order chi connectivity index (χ0) is 18.5. The first kappa shape index (κ1) is 17.7. The van der Waals surface area contributed by atoms with E-state index in [1.165, 1.54) is 0 Å². The van der Waals surface area contributed by atoms with E-state index in [1.54, 1.807) is 18.0 Å². The lowest BCUT2D eigenvalue weighted by Gasteiger charge is -2.21. The minimum absolute atomic E-state index is 0.00118. The van der Waals surface area contributed by atoms with Gasteiger partial charge in [0.25, 0.3) is 5.91 Å². The van der Waals surface area contributed by atoms with Crippen LogP contribution in [0.3, 0.4) is 0 Å². The average molecular weight is 350 g/mol. The number of hydrogen-bond acceptors (Lipinski definition) is 3. The van der Waals surface area contributed by atoms with E-state index in [-0.39, 0.29) is 18.4 Å². The van der Waals surface area contributed by atoms with Crippen molar-refractivity contribution in [2.45, 2.75) is 13.5 Å². The fourth-order valence-electron chi connectivity index (χ4n) is 3.08. The SMILES string of the molecule is CCN(C(=O)Cn1ccc2c(C(=O)NNC)cccc21)c1ccccc1. The van der Waals surface area contributed by atoms with Crippen molar-refractivity contribution in [1.29, 1.82) is 0 Å². The zero-order valence-corrected chi connectivity index (χ0v) is 14.9. The Hall–Kier alpha value is -3.12. The number of aromatic nitrogens is 1. The van der Waals surface area contributed by atoms with E-state index in [4.69, 9.17) is 0 Å². The normalized spacial score (nSPS) is 10.7. The number of anilines is 1. The van der Waals surface area contributed by atoms with Crippen LogP contribution in [-0.2, 0) is 11.3 Å². The first-order chi connectivity index (χ1) is 12.7.